The molecule has 0 saturated carbocycles. The van der Waals surface area contributed by atoms with Crippen molar-refractivity contribution in [1.29, 1.82) is 0 Å². The van der Waals surface area contributed by atoms with Gasteiger partial charge in [-0.2, -0.15) is 0 Å². The summed E-state index contributed by atoms with van der Waals surface area (Å²) < 4.78 is 0. The molecule has 0 spiro atoms. The maximum absolute atomic E-state index is 6.08. The quantitative estimate of drug-likeness (QED) is 0.904. The van der Waals surface area contributed by atoms with Gasteiger partial charge in [-0.1, -0.05) is 25.1 Å². The van der Waals surface area contributed by atoms with E-state index in [1.54, 1.807) is 0 Å². The van der Waals surface area contributed by atoms with Crippen LogP contribution in [0.2, 0.25) is 0 Å². The summed E-state index contributed by atoms with van der Waals surface area (Å²) in [6, 6.07) is 9.35. The molecule has 2 rings (SSSR count). The van der Waals surface area contributed by atoms with Crippen molar-refractivity contribution in [3.8, 4) is 0 Å². The van der Waals surface area contributed by atoms with Gasteiger partial charge in [0, 0.05) is 44.0 Å². The largest absolute Gasteiger partial charge is 0.369 e. The van der Waals surface area contributed by atoms with E-state index < -0.39 is 0 Å². The van der Waals surface area contributed by atoms with Crippen molar-refractivity contribution in [3.05, 3.63) is 29.8 Å². The predicted octanol–water partition coefficient (Wildman–Crippen LogP) is 2.63. The van der Waals surface area contributed by atoms with E-state index >= 15 is 0 Å². The lowest BCUT2D eigenvalue weighted by molar-refractivity contribution is 0.192. The first kappa shape index (κ1) is 14.4. The van der Waals surface area contributed by atoms with Gasteiger partial charge in [-0.25, -0.2) is 0 Å². The molecular formula is C16H27N3. The summed E-state index contributed by atoms with van der Waals surface area (Å²) in [6.07, 6.45) is 1.23. The van der Waals surface area contributed by atoms with Crippen LogP contribution in [0, 0.1) is 0 Å². The minimum atomic E-state index is 0.101. The van der Waals surface area contributed by atoms with Crippen molar-refractivity contribution in [2.45, 2.75) is 39.3 Å². The third kappa shape index (κ3) is 3.28. The number of anilines is 1. The average Bonchev–Trinajstić information content (AvgIpc) is 2.46. The average molecular weight is 261 g/mol. The van der Waals surface area contributed by atoms with E-state index in [-0.39, 0.29) is 6.04 Å². The number of benzene rings is 1. The molecular weight excluding hydrogens is 234 g/mol. The van der Waals surface area contributed by atoms with Crippen molar-refractivity contribution in [2.24, 2.45) is 5.73 Å². The van der Waals surface area contributed by atoms with Crippen LogP contribution in [-0.2, 0) is 0 Å². The second-order valence-electron chi connectivity index (χ2n) is 5.63. The minimum absolute atomic E-state index is 0.101. The second kappa shape index (κ2) is 6.40. The zero-order chi connectivity index (χ0) is 13.8. The van der Waals surface area contributed by atoms with E-state index in [0.717, 1.165) is 26.2 Å². The zero-order valence-electron chi connectivity index (χ0n) is 12.5. The molecule has 0 radical (unpaired) electrons. The Morgan fingerprint density at radius 1 is 1.11 bits per heavy atom. The smallest absolute Gasteiger partial charge is 0.0415 e. The number of hydrogen-bond acceptors (Lipinski definition) is 3. The Labute approximate surface area is 117 Å². The highest BCUT2D eigenvalue weighted by atomic mass is 15.3. The van der Waals surface area contributed by atoms with E-state index in [9.17, 15) is 0 Å². The molecule has 0 amide bonds. The molecule has 1 aromatic rings. The summed E-state index contributed by atoms with van der Waals surface area (Å²) in [5.41, 5.74) is 8.67. The molecule has 19 heavy (non-hydrogen) atoms. The van der Waals surface area contributed by atoms with Crippen LogP contribution < -0.4 is 10.6 Å². The fourth-order valence-corrected chi connectivity index (χ4v) is 2.82. The highest BCUT2D eigenvalue weighted by molar-refractivity contribution is 5.55. The SMILES string of the molecule is CCC(C)N1CCN(c2ccccc2C(C)N)CC1. The number of piperazine rings is 1. The van der Waals surface area contributed by atoms with E-state index in [0.29, 0.717) is 6.04 Å². The lowest BCUT2D eigenvalue weighted by atomic mass is 10.0. The monoisotopic (exact) mass is 261 g/mol. The second-order valence-corrected chi connectivity index (χ2v) is 5.63. The Balaban J connectivity index is 2.06. The van der Waals surface area contributed by atoms with Crippen LogP contribution >= 0.6 is 0 Å². The topological polar surface area (TPSA) is 32.5 Å². The van der Waals surface area contributed by atoms with Gasteiger partial charge in [0.05, 0.1) is 0 Å². The molecule has 1 saturated heterocycles. The van der Waals surface area contributed by atoms with E-state index in [1.807, 2.05) is 0 Å². The fourth-order valence-electron chi connectivity index (χ4n) is 2.82. The summed E-state index contributed by atoms with van der Waals surface area (Å²) in [7, 11) is 0. The fraction of sp³-hybridized carbons (Fsp3) is 0.625. The highest BCUT2D eigenvalue weighted by Gasteiger charge is 2.22. The van der Waals surface area contributed by atoms with Gasteiger partial charge < -0.3 is 10.6 Å². The molecule has 3 nitrogen and oxygen atoms in total. The molecule has 1 aliphatic heterocycles. The number of rotatable bonds is 4. The molecule has 3 heteroatoms. The molecule has 0 aliphatic carbocycles. The normalized spacial score (nSPS) is 20.3. The van der Waals surface area contributed by atoms with Gasteiger partial charge >= 0.3 is 0 Å². The van der Waals surface area contributed by atoms with Crippen molar-refractivity contribution < 1.29 is 0 Å². The molecule has 1 aromatic carbocycles. The van der Waals surface area contributed by atoms with Crippen LogP contribution in [0.1, 0.15) is 38.8 Å². The van der Waals surface area contributed by atoms with E-state index in [2.05, 4.69) is 54.8 Å². The molecule has 2 atom stereocenters. The summed E-state index contributed by atoms with van der Waals surface area (Å²) in [6.45, 7) is 11.2. The molecule has 1 heterocycles. The first-order valence-corrected chi connectivity index (χ1v) is 7.47. The lowest BCUT2D eigenvalue weighted by Gasteiger charge is -2.39. The van der Waals surface area contributed by atoms with Crippen molar-refractivity contribution in [2.75, 3.05) is 31.1 Å². The van der Waals surface area contributed by atoms with Crippen molar-refractivity contribution in [1.82, 2.24) is 4.90 Å². The first-order valence-electron chi connectivity index (χ1n) is 7.47. The Bertz CT molecular complexity index is 395. The van der Waals surface area contributed by atoms with Crippen LogP contribution in [0.5, 0.6) is 0 Å². The predicted molar refractivity (Wildman–Crippen MR) is 82.6 cm³/mol. The Hall–Kier alpha value is -1.06. The third-order valence-electron chi connectivity index (χ3n) is 4.30. The van der Waals surface area contributed by atoms with Crippen LogP contribution in [0.15, 0.2) is 24.3 Å². The van der Waals surface area contributed by atoms with Crippen LogP contribution in [0.25, 0.3) is 0 Å². The number of nitrogens with two attached hydrogens (primary N) is 1. The first-order chi connectivity index (χ1) is 9.13. The Morgan fingerprint density at radius 2 is 1.74 bits per heavy atom. The molecule has 2 unspecified atom stereocenters. The summed E-state index contributed by atoms with van der Waals surface area (Å²) in [5, 5.41) is 0. The third-order valence-corrected chi connectivity index (χ3v) is 4.30. The standard InChI is InChI=1S/C16H27N3/c1-4-13(2)18-9-11-19(12-10-18)16-8-6-5-7-15(16)14(3)17/h5-8,13-14H,4,9-12,17H2,1-3H3. The molecule has 0 aromatic heterocycles. The van der Waals surface area contributed by atoms with Gasteiger partial charge in [0.2, 0.25) is 0 Å². The van der Waals surface area contributed by atoms with Crippen molar-refractivity contribution in [3.63, 3.8) is 0 Å². The van der Waals surface area contributed by atoms with E-state index in [1.165, 1.54) is 17.7 Å². The highest BCUT2D eigenvalue weighted by Crippen LogP contribution is 2.26. The molecule has 1 fully saturated rings. The van der Waals surface area contributed by atoms with Gasteiger partial charge in [-0.15, -0.1) is 0 Å². The van der Waals surface area contributed by atoms with Gasteiger partial charge in [0.25, 0.3) is 0 Å². The molecule has 1 aliphatic rings. The molecule has 2 N–H and O–H groups in total. The summed E-state index contributed by atoms with van der Waals surface area (Å²) >= 11 is 0. The van der Waals surface area contributed by atoms with E-state index in [4.69, 9.17) is 5.73 Å². The maximum atomic E-state index is 6.08. The number of nitrogens with zero attached hydrogens (tertiary/aromatic N) is 2. The summed E-state index contributed by atoms with van der Waals surface area (Å²) in [5.74, 6) is 0. The van der Waals surface area contributed by atoms with Crippen LogP contribution in [0.3, 0.4) is 0 Å². The van der Waals surface area contributed by atoms with Crippen LogP contribution in [-0.4, -0.2) is 37.1 Å². The number of hydrogen-bond donors (Lipinski definition) is 1. The number of para-hydroxylation sites is 1. The maximum Gasteiger partial charge on any atom is 0.0415 e. The van der Waals surface area contributed by atoms with Crippen molar-refractivity contribution >= 4 is 5.69 Å². The van der Waals surface area contributed by atoms with Crippen LogP contribution in [0.4, 0.5) is 5.69 Å². The molecule has 0 bridgehead atoms. The van der Waals surface area contributed by atoms with Gasteiger partial charge in [-0.05, 0) is 31.9 Å². The Morgan fingerprint density at radius 3 is 2.32 bits per heavy atom. The molecule has 106 valence electrons. The van der Waals surface area contributed by atoms with Gasteiger partial charge in [0.1, 0.15) is 0 Å². The minimum Gasteiger partial charge on any atom is -0.369 e. The van der Waals surface area contributed by atoms with Gasteiger partial charge in [0.15, 0.2) is 0 Å². The Kier molecular flexibility index (Phi) is 4.83. The van der Waals surface area contributed by atoms with Gasteiger partial charge in [-0.3, -0.25) is 4.90 Å². The summed E-state index contributed by atoms with van der Waals surface area (Å²) in [4.78, 5) is 5.07. The zero-order valence-corrected chi connectivity index (χ0v) is 12.5. The lowest BCUT2D eigenvalue weighted by Crippen LogP contribution is -2.49.